The number of aromatic nitrogens is 4. The number of pyridine rings is 2. The molecule has 12 rings (SSSR count). The lowest BCUT2D eigenvalue weighted by atomic mass is 9.95. The van der Waals surface area contributed by atoms with Crippen LogP contribution < -0.4 is 0 Å². The summed E-state index contributed by atoms with van der Waals surface area (Å²) in [6.07, 6.45) is 3.73. The van der Waals surface area contributed by atoms with Crippen LogP contribution in [0, 0.1) is 0 Å². The third kappa shape index (κ3) is 6.04. The van der Waals surface area contributed by atoms with Gasteiger partial charge >= 0.3 is 0 Å². The van der Waals surface area contributed by atoms with Crippen LogP contribution in [0.25, 0.3) is 123 Å². The van der Waals surface area contributed by atoms with Crippen molar-refractivity contribution < 1.29 is 8.83 Å². The maximum absolute atomic E-state index is 6.91. The molecule has 5 aromatic heterocycles. The molecule has 0 saturated carbocycles. The molecule has 0 aliphatic rings. The van der Waals surface area contributed by atoms with Gasteiger partial charge in [0.25, 0.3) is 0 Å². The highest BCUT2D eigenvalue weighted by Crippen LogP contribution is 2.43. The van der Waals surface area contributed by atoms with Gasteiger partial charge in [0.1, 0.15) is 22.2 Å². The predicted molar refractivity (Wildman–Crippen MR) is 250 cm³/mol. The highest BCUT2D eigenvalue weighted by molar-refractivity contribution is 6.13. The number of furan rings is 2. The van der Waals surface area contributed by atoms with Crippen molar-refractivity contribution in [3.63, 3.8) is 0 Å². The highest BCUT2D eigenvalue weighted by Gasteiger charge is 2.22. The van der Waals surface area contributed by atoms with Gasteiger partial charge in [0.05, 0.1) is 11.4 Å². The average molecular weight is 795 g/mol. The third-order valence-corrected chi connectivity index (χ3v) is 11.6. The molecule has 0 saturated heterocycles. The van der Waals surface area contributed by atoms with Crippen LogP contribution >= 0.6 is 0 Å². The Hall–Kier alpha value is -8.48. The van der Waals surface area contributed by atoms with Crippen molar-refractivity contribution in [3.05, 3.63) is 207 Å². The first kappa shape index (κ1) is 35.5. The van der Waals surface area contributed by atoms with Gasteiger partial charge in [-0.25, -0.2) is 9.97 Å². The van der Waals surface area contributed by atoms with E-state index in [0.717, 1.165) is 106 Å². The molecule has 6 heteroatoms. The quantitative estimate of drug-likeness (QED) is 0.160. The van der Waals surface area contributed by atoms with Crippen LogP contribution in [0.2, 0.25) is 0 Å². The van der Waals surface area contributed by atoms with E-state index in [-0.39, 0.29) is 0 Å². The van der Waals surface area contributed by atoms with Crippen molar-refractivity contribution in [2.24, 2.45) is 0 Å². The number of hydrogen-bond acceptors (Lipinski definition) is 6. The number of nitrogens with zero attached hydrogens (tertiary/aromatic N) is 4. The molecule has 0 radical (unpaired) electrons. The fourth-order valence-electron chi connectivity index (χ4n) is 8.66. The van der Waals surface area contributed by atoms with E-state index < -0.39 is 0 Å². The molecule has 290 valence electrons. The Labute approximate surface area is 356 Å². The molecule has 0 N–H and O–H groups in total. The smallest absolute Gasteiger partial charge is 0.161 e. The van der Waals surface area contributed by atoms with Crippen molar-refractivity contribution >= 4 is 44.1 Å². The van der Waals surface area contributed by atoms with Crippen LogP contribution in [0.4, 0.5) is 0 Å². The Balaban J connectivity index is 1.12. The maximum atomic E-state index is 6.91. The Morgan fingerprint density at radius 2 is 0.677 bits per heavy atom. The lowest BCUT2D eigenvalue weighted by Crippen LogP contribution is -1.97. The lowest BCUT2D eigenvalue weighted by Gasteiger charge is -2.13. The fraction of sp³-hybridized carbons (Fsp3) is 0. The van der Waals surface area contributed by atoms with Gasteiger partial charge in [-0.15, -0.1) is 0 Å². The number of hydrogen-bond donors (Lipinski definition) is 0. The molecule has 0 aliphatic heterocycles. The van der Waals surface area contributed by atoms with Crippen molar-refractivity contribution in [3.8, 4) is 78.4 Å². The minimum absolute atomic E-state index is 0.593. The summed E-state index contributed by atoms with van der Waals surface area (Å²) in [4.78, 5) is 20.3. The molecule has 0 spiro atoms. The molecule has 0 fully saturated rings. The highest BCUT2D eigenvalue weighted by atomic mass is 16.3. The zero-order valence-electron chi connectivity index (χ0n) is 33.2. The molecule has 0 aliphatic carbocycles. The van der Waals surface area contributed by atoms with Gasteiger partial charge in [-0.05, 0) is 70.8 Å². The van der Waals surface area contributed by atoms with Crippen molar-refractivity contribution in [2.75, 3.05) is 0 Å². The Morgan fingerprint density at radius 3 is 1.11 bits per heavy atom. The first-order valence-electron chi connectivity index (χ1n) is 20.6. The van der Waals surface area contributed by atoms with Crippen LogP contribution in [0.5, 0.6) is 0 Å². The first-order chi connectivity index (χ1) is 30.7. The third-order valence-electron chi connectivity index (χ3n) is 11.6. The Kier molecular flexibility index (Phi) is 8.38. The molecular formula is C56H34N4O2. The van der Waals surface area contributed by atoms with Gasteiger partial charge < -0.3 is 8.83 Å². The zero-order valence-corrected chi connectivity index (χ0v) is 33.2. The minimum atomic E-state index is 0.593. The summed E-state index contributed by atoms with van der Waals surface area (Å²) in [6, 6.07) is 66.3. The molecule has 12 aromatic rings. The van der Waals surface area contributed by atoms with Crippen LogP contribution in [0.3, 0.4) is 0 Å². The summed E-state index contributed by atoms with van der Waals surface area (Å²) < 4.78 is 13.8. The standard InChI is InChI=1S/C56H34N4O2/c1-5-15-35(16-6-1)42-23-13-25-46-50-54(61-52(42)46)44(27-29-57-50)39-31-40(45-28-30-58-51-47-26-14-24-43(53(47)62-55(45)51)36-17-7-2-8-18-36)33-41(32-39)56-59-48(37-19-9-3-10-20-37)34-49(60-56)38-21-11-4-12-22-38/h1-34H. The number of benzene rings is 7. The normalized spacial score (nSPS) is 11.5. The second-order valence-corrected chi connectivity index (χ2v) is 15.4. The largest absolute Gasteiger partial charge is 0.453 e. The maximum Gasteiger partial charge on any atom is 0.161 e. The van der Waals surface area contributed by atoms with E-state index in [9.17, 15) is 0 Å². The van der Waals surface area contributed by atoms with E-state index in [0.29, 0.717) is 17.0 Å². The molecule has 0 unspecified atom stereocenters. The van der Waals surface area contributed by atoms with E-state index in [1.54, 1.807) is 0 Å². The topological polar surface area (TPSA) is 77.8 Å². The van der Waals surface area contributed by atoms with Gasteiger partial charge in [0, 0.05) is 62.1 Å². The molecule has 6 nitrogen and oxygen atoms in total. The zero-order chi connectivity index (χ0) is 41.0. The first-order valence-corrected chi connectivity index (χ1v) is 20.6. The van der Waals surface area contributed by atoms with Crippen LogP contribution in [0.15, 0.2) is 215 Å². The average Bonchev–Trinajstić information content (AvgIpc) is 3.94. The number of para-hydroxylation sites is 2. The van der Waals surface area contributed by atoms with Crippen molar-refractivity contribution in [2.45, 2.75) is 0 Å². The summed E-state index contributed by atoms with van der Waals surface area (Å²) in [7, 11) is 0. The van der Waals surface area contributed by atoms with Crippen LogP contribution in [-0.2, 0) is 0 Å². The Bertz CT molecular complexity index is 3390. The lowest BCUT2D eigenvalue weighted by molar-refractivity contribution is 0.670. The van der Waals surface area contributed by atoms with Gasteiger partial charge in [-0.3, -0.25) is 9.97 Å². The van der Waals surface area contributed by atoms with Crippen LogP contribution in [-0.4, -0.2) is 19.9 Å². The van der Waals surface area contributed by atoms with Gasteiger partial charge in [0.15, 0.2) is 17.0 Å². The summed E-state index contributed by atoms with van der Waals surface area (Å²) in [6.45, 7) is 0. The van der Waals surface area contributed by atoms with E-state index >= 15 is 0 Å². The van der Waals surface area contributed by atoms with Crippen LogP contribution in [0.1, 0.15) is 0 Å². The molecule has 62 heavy (non-hydrogen) atoms. The molecule has 7 aromatic carbocycles. The van der Waals surface area contributed by atoms with E-state index in [2.05, 4.69) is 109 Å². The Morgan fingerprint density at radius 1 is 0.290 bits per heavy atom. The van der Waals surface area contributed by atoms with Gasteiger partial charge in [-0.2, -0.15) is 0 Å². The fourth-order valence-corrected chi connectivity index (χ4v) is 8.66. The van der Waals surface area contributed by atoms with E-state index in [1.165, 1.54) is 0 Å². The SMILES string of the molecule is c1ccc(-c2cc(-c3ccccc3)nc(-c3cc(-c4ccnc5c4oc4c(-c6ccccc6)cccc45)cc(-c4ccnc5c4oc4c(-c6ccccc6)cccc45)c3)n2)cc1. The predicted octanol–water partition coefficient (Wildman–Crippen LogP) is 14.7. The summed E-state index contributed by atoms with van der Waals surface area (Å²) in [5.41, 5.74) is 16.9. The summed E-state index contributed by atoms with van der Waals surface area (Å²) in [5, 5.41) is 1.91. The van der Waals surface area contributed by atoms with Gasteiger partial charge in [0.2, 0.25) is 0 Å². The molecule has 0 atom stereocenters. The second-order valence-electron chi connectivity index (χ2n) is 15.4. The van der Waals surface area contributed by atoms with E-state index in [4.69, 9.17) is 28.8 Å². The molecule has 5 heterocycles. The van der Waals surface area contributed by atoms with Crippen molar-refractivity contribution in [1.82, 2.24) is 19.9 Å². The minimum Gasteiger partial charge on any atom is -0.453 e. The summed E-state index contributed by atoms with van der Waals surface area (Å²) >= 11 is 0. The monoisotopic (exact) mass is 794 g/mol. The molecular weight excluding hydrogens is 761 g/mol. The van der Waals surface area contributed by atoms with Crippen molar-refractivity contribution in [1.29, 1.82) is 0 Å². The van der Waals surface area contributed by atoms with E-state index in [1.807, 2.05) is 97.3 Å². The molecule has 0 amide bonds. The van der Waals surface area contributed by atoms with Gasteiger partial charge in [-0.1, -0.05) is 146 Å². The summed E-state index contributed by atoms with van der Waals surface area (Å²) in [5.74, 6) is 0.593. The number of fused-ring (bicyclic) bond motifs is 6. The molecule has 0 bridgehead atoms. The number of rotatable bonds is 7. The second kappa shape index (κ2) is 14.7.